The summed E-state index contributed by atoms with van der Waals surface area (Å²) in [6.45, 7) is 3.55. The number of aliphatic hydroxyl groups is 1. The molecule has 0 aliphatic heterocycles. The third-order valence-electron chi connectivity index (χ3n) is 3.12. The molecule has 0 aliphatic rings. The van der Waals surface area contributed by atoms with Gasteiger partial charge in [0.25, 0.3) is 5.91 Å². The number of hydrogen-bond donors (Lipinski definition) is 2. The van der Waals surface area contributed by atoms with Crippen LogP contribution in [0.3, 0.4) is 0 Å². The molecule has 2 heterocycles. The van der Waals surface area contributed by atoms with Crippen LogP contribution in [0.2, 0.25) is 5.15 Å². The van der Waals surface area contributed by atoms with Crippen molar-refractivity contribution in [1.29, 1.82) is 0 Å². The van der Waals surface area contributed by atoms with Gasteiger partial charge in [0.1, 0.15) is 17.0 Å². The van der Waals surface area contributed by atoms with Crippen LogP contribution in [0.1, 0.15) is 41.3 Å². The monoisotopic (exact) mass is 308 g/mol. The molecule has 0 fully saturated rings. The highest BCUT2D eigenvalue weighted by Crippen LogP contribution is 2.19. The summed E-state index contributed by atoms with van der Waals surface area (Å²) in [4.78, 5) is 16.2. The predicted molar refractivity (Wildman–Crippen MR) is 79.2 cm³/mol. The van der Waals surface area contributed by atoms with Gasteiger partial charge < -0.3 is 14.8 Å². The molecular weight excluding hydrogens is 292 g/mol. The number of carbonyl (C=O) groups is 1. The molecule has 2 unspecified atom stereocenters. The lowest BCUT2D eigenvalue weighted by molar-refractivity contribution is 0.0902. The molecule has 2 aromatic rings. The maximum atomic E-state index is 12.2. The quantitative estimate of drug-likeness (QED) is 0.833. The van der Waals surface area contributed by atoms with Crippen molar-refractivity contribution in [1.82, 2.24) is 10.3 Å². The Morgan fingerprint density at radius 3 is 2.86 bits per heavy atom. The standard InChI is InChI=1S/C15H17ClN2O3/c1-9(8-12(19)13-4-3-7-21-13)17-15(20)11-5-6-14(16)18-10(11)2/h3-7,9,12,19H,8H2,1-2H3,(H,17,20). The summed E-state index contributed by atoms with van der Waals surface area (Å²) in [6, 6.07) is 6.41. The van der Waals surface area contributed by atoms with E-state index >= 15 is 0 Å². The molecule has 1 amide bonds. The van der Waals surface area contributed by atoms with Gasteiger partial charge in [0, 0.05) is 12.5 Å². The summed E-state index contributed by atoms with van der Waals surface area (Å²) in [5.74, 6) is 0.247. The van der Waals surface area contributed by atoms with E-state index in [9.17, 15) is 9.90 Å². The molecule has 0 bridgehead atoms. The maximum absolute atomic E-state index is 12.2. The van der Waals surface area contributed by atoms with E-state index in [1.165, 1.54) is 6.26 Å². The van der Waals surface area contributed by atoms with Crippen molar-refractivity contribution >= 4 is 17.5 Å². The van der Waals surface area contributed by atoms with Gasteiger partial charge in [-0.15, -0.1) is 0 Å². The first-order chi connectivity index (χ1) is 9.97. The number of aromatic nitrogens is 1. The van der Waals surface area contributed by atoms with Crippen LogP contribution in [0.25, 0.3) is 0 Å². The SMILES string of the molecule is Cc1nc(Cl)ccc1C(=O)NC(C)CC(O)c1ccco1. The number of halogens is 1. The topological polar surface area (TPSA) is 75.4 Å². The smallest absolute Gasteiger partial charge is 0.253 e. The number of furan rings is 1. The normalized spacial score (nSPS) is 13.7. The van der Waals surface area contributed by atoms with Crippen LogP contribution in [-0.4, -0.2) is 22.0 Å². The van der Waals surface area contributed by atoms with Crippen LogP contribution in [0.4, 0.5) is 0 Å². The first kappa shape index (κ1) is 15.5. The summed E-state index contributed by atoms with van der Waals surface area (Å²) in [7, 11) is 0. The Morgan fingerprint density at radius 2 is 2.24 bits per heavy atom. The minimum atomic E-state index is -0.750. The fourth-order valence-corrected chi connectivity index (χ4v) is 2.25. The molecule has 0 aliphatic carbocycles. The number of carbonyl (C=O) groups excluding carboxylic acids is 1. The van der Waals surface area contributed by atoms with Crippen molar-refractivity contribution in [2.24, 2.45) is 0 Å². The number of rotatable bonds is 5. The molecule has 6 heteroatoms. The third kappa shape index (κ3) is 4.06. The minimum absolute atomic E-state index is 0.215. The molecule has 2 atom stereocenters. The number of pyridine rings is 1. The molecule has 0 aromatic carbocycles. The van der Waals surface area contributed by atoms with Gasteiger partial charge in [-0.1, -0.05) is 11.6 Å². The molecule has 112 valence electrons. The molecule has 5 nitrogen and oxygen atoms in total. The van der Waals surface area contributed by atoms with Crippen molar-refractivity contribution in [3.63, 3.8) is 0 Å². The van der Waals surface area contributed by atoms with Gasteiger partial charge >= 0.3 is 0 Å². The van der Waals surface area contributed by atoms with Crippen LogP contribution >= 0.6 is 11.6 Å². The molecule has 0 radical (unpaired) electrons. The van der Waals surface area contributed by atoms with Gasteiger partial charge in [-0.05, 0) is 38.1 Å². The molecular formula is C15H17ClN2O3. The van der Waals surface area contributed by atoms with Gasteiger partial charge in [-0.3, -0.25) is 4.79 Å². The molecule has 0 saturated heterocycles. The Kier molecular flexibility index (Phi) is 4.98. The zero-order chi connectivity index (χ0) is 15.4. The number of nitrogens with zero attached hydrogens (tertiary/aromatic N) is 1. The number of aliphatic hydroxyl groups excluding tert-OH is 1. The van der Waals surface area contributed by atoms with Crippen LogP contribution in [0, 0.1) is 6.92 Å². The average molecular weight is 309 g/mol. The fraction of sp³-hybridized carbons (Fsp3) is 0.333. The largest absolute Gasteiger partial charge is 0.467 e. The summed E-state index contributed by atoms with van der Waals surface area (Å²) in [5, 5.41) is 13.2. The fourth-order valence-electron chi connectivity index (χ4n) is 2.06. The van der Waals surface area contributed by atoms with Crippen LogP contribution < -0.4 is 5.32 Å². The zero-order valence-electron chi connectivity index (χ0n) is 11.8. The van der Waals surface area contributed by atoms with Crippen LogP contribution in [-0.2, 0) is 0 Å². The lowest BCUT2D eigenvalue weighted by atomic mass is 10.1. The average Bonchev–Trinajstić information content (AvgIpc) is 2.91. The molecule has 21 heavy (non-hydrogen) atoms. The van der Waals surface area contributed by atoms with Crippen molar-refractivity contribution in [2.45, 2.75) is 32.4 Å². The predicted octanol–water partition coefficient (Wildman–Crippen LogP) is 2.88. The minimum Gasteiger partial charge on any atom is -0.467 e. The Hall–Kier alpha value is -1.85. The summed E-state index contributed by atoms with van der Waals surface area (Å²) in [6.07, 6.45) is 1.11. The molecule has 2 N–H and O–H groups in total. The Bertz CT molecular complexity index is 613. The number of nitrogens with one attached hydrogen (secondary N) is 1. The molecule has 0 spiro atoms. The van der Waals surface area contributed by atoms with Gasteiger partial charge in [0.15, 0.2) is 0 Å². The Balaban J connectivity index is 1.96. The maximum Gasteiger partial charge on any atom is 0.253 e. The van der Waals surface area contributed by atoms with E-state index in [-0.39, 0.29) is 11.9 Å². The number of amides is 1. The second-order valence-corrected chi connectivity index (χ2v) is 5.30. The van der Waals surface area contributed by atoms with Crippen molar-refractivity contribution in [3.8, 4) is 0 Å². The summed E-state index contributed by atoms with van der Waals surface area (Å²) < 4.78 is 5.13. The second-order valence-electron chi connectivity index (χ2n) is 4.91. The van der Waals surface area contributed by atoms with E-state index < -0.39 is 6.10 Å². The molecule has 2 aromatic heterocycles. The van der Waals surface area contributed by atoms with E-state index in [0.29, 0.717) is 28.6 Å². The lowest BCUT2D eigenvalue weighted by Crippen LogP contribution is -2.34. The Morgan fingerprint density at radius 1 is 1.48 bits per heavy atom. The van der Waals surface area contributed by atoms with Crippen molar-refractivity contribution in [2.75, 3.05) is 0 Å². The third-order valence-corrected chi connectivity index (χ3v) is 3.33. The summed E-state index contributed by atoms with van der Waals surface area (Å²) >= 11 is 5.77. The zero-order valence-corrected chi connectivity index (χ0v) is 12.6. The molecule has 0 saturated carbocycles. The van der Waals surface area contributed by atoms with Gasteiger partial charge in [0.2, 0.25) is 0 Å². The highest BCUT2D eigenvalue weighted by molar-refractivity contribution is 6.29. The lowest BCUT2D eigenvalue weighted by Gasteiger charge is -2.17. The second kappa shape index (κ2) is 6.74. The van der Waals surface area contributed by atoms with Crippen molar-refractivity contribution < 1.29 is 14.3 Å². The first-order valence-electron chi connectivity index (χ1n) is 6.63. The van der Waals surface area contributed by atoms with Crippen molar-refractivity contribution in [3.05, 3.63) is 52.7 Å². The van der Waals surface area contributed by atoms with Gasteiger partial charge in [0.05, 0.1) is 17.5 Å². The molecule has 2 rings (SSSR count). The Labute approximate surface area is 128 Å². The van der Waals surface area contributed by atoms with Crippen LogP contribution in [0.5, 0.6) is 0 Å². The van der Waals surface area contributed by atoms with E-state index in [2.05, 4.69) is 10.3 Å². The first-order valence-corrected chi connectivity index (χ1v) is 7.00. The van der Waals surface area contributed by atoms with Gasteiger partial charge in [-0.25, -0.2) is 4.98 Å². The van der Waals surface area contributed by atoms with E-state index in [1.807, 2.05) is 6.92 Å². The van der Waals surface area contributed by atoms with E-state index in [1.54, 1.807) is 31.2 Å². The number of hydrogen-bond acceptors (Lipinski definition) is 4. The van der Waals surface area contributed by atoms with E-state index in [0.717, 1.165) is 0 Å². The van der Waals surface area contributed by atoms with E-state index in [4.69, 9.17) is 16.0 Å². The highest BCUT2D eigenvalue weighted by Gasteiger charge is 2.18. The highest BCUT2D eigenvalue weighted by atomic mass is 35.5. The van der Waals surface area contributed by atoms with Gasteiger partial charge in [-0.2, -0.15) is 0 Å². The number of aryl methyl sites for hydroxylation is 1. The summed E-state index contributed by atoms with van der Waals surface area (Å²) in [5.41, 5.74) is 1.04. The van der Waals surface area contributed by atoms with Crippen LogP contribution in [0.15, 0.2) is 34.9 Å².